The standard InChI is InChI=1S/C33H28N4O4S/c1-18(2)15-26-34-35-32(42-26)37-30(39)29-27(28(38)22-16-20(4)11-14-25(22)41-29)33(37)23-7-5-6-8-24(23)36(31(33)40)17-21-12-9-19(3)10-13-21/h5-14,16,18H,15,17H2,1-4H3. The normalized spacial score (nSPS) is 17.6. The van der Waals surface area contributed by atoms with Gasteiger partial charge in [-0.1, -0.05) is 84.8 Å². The molecule has 0 saturated carbocycles. The summed E-state index contributed by atoms with van der Waals surface area (Å²) in [5, 5.41) is 10.1. The van der Waals surface area contributed by atoms with Crippen molar-refractivity contribution >= 4 is 44.9 Å². The summed E-state index contributed by atoms with van der Waals surface area (Å²) in [6.07, 6.45) is 0.671. The lowest BCUT2D eigenvalue weighted by atomic mass is 9.84. The van der Waals surface area contributed by atoms with Gasteiger partial charge in [0, 0.05) is 12.0 Å². The summed E-state index contributed by atoms with van der Waals surface area (Å²) in [7, 11) is 0. The van der Waals surface area contributed by atoms with E-state index in [4.69, 9.17) is 4.42 Å². The topological polar surface area (TPSA) is 96.6 Å². The number of aromatic nitrogens is 2. The Labute approximate surface area is 246 Å². The zero-order valence-electron chi connectivity index (χ0n) is 23.7. The first-order chi connectivity index (χ1) is 20.2. The number of aryl methyl sites for hydroxylation is 2. The summed E-state index contributed by atoms with van der Waals surface area (Å²) < 4.78 is 6.19. The maximum absolute atomic E-state index is 15.0. The van der Waals surface area contributed by atoms with Gasteiger partial charge in [0.25, 0.3) is 11.8 Å². The molecule has 0 bridgehead atoms. The highest BCUT2D eigenvalue weighted by atomic mass is 32.1. The molecular weight excluding hydrogens is 548 g/mol. The molecule has 3 aromatic carbocycles. The van der Waals surface area contributed by atoms with E-state index in [2.05, 4.69) is 24.0 Å². The fourth-order valence-electron chi connectivity index (χ4n) is 6.08. The Balaban J connectivity index is 1.52. The number of carbonyl (C=O) groups is 2. The molecule has 1 atom stereocenters. The van der Waals surface area contributed by atoms with Gasteiger partial charge in [0.1, 0.15) is 10.6 Å². The number of nitrogens with zero attached hydrogens (tertiary/aromatic N) is 4. The second-order valence-electron chi connectivity index (χ2n) is 11.5. The third kappa shape index (κ3) is 3.69. The Morgan fingerprint density at radius 3 is 2.43 bits per heavy atom. The Hall–Kier alpha value is -4.63. The van der Waals surface area contributed by atoms with Crippen LogP contribution in [-0.2, 0) is 23.3 Å². The van der Waals surface area contributed by atoms with Crippen LogP contribution in [0.2, 0.25) is 0 Å². The summed E-state index contributed by atoms with van der Waals surface area (Å²) in [6, 6.07) is 20.6. The third-order valence-corrected chi connectivity index (χ3v) is 8.90. The highest BCUT2D eigenvalue weighted by Crippen LogP contribution is 2.54. The lowest BCUT2D eigenvalue weighted by Crippen LogP contribution is -2.53. The average molecular weight is 577 g/mol. The molecule has 42 heavy (non-hydrogen) atoms. The molecule has 1 unspecified atom stereocenters. The lowest BCUT2D eigenvalue weighted by molar-refractivity contribution is -0.121. The molecule has 4 heterocycles. The van der Waals surface area contributed by atoms with Crippen LogP contribution in [0.4, 0.5) is 10.8 Å². The van der Waals surface area contributed by atoms with Gasteiger partial charge in [-0.15, -0.1) is 10.2 Å². The van der Waals surface area contributed by atoms with E-state index in [0.29, 0.717) is 34.6 Å². The number of para-hydroxylation sites is 1. The number of hydrogen-bond acceptors (Lipinski definition) is 7. The summed E-state index contributed by atoms with van der Waals surface area (Å²) >= 11 is 1.26. The Bertz CT molecular complexity index is 1980. The van der Waals surface area contributed by atoms with Gasteiger partial charge in [-0.3, -0.25) is 19.3 Å². The van der Waals surface area contributed by atoms with Gasteiger partial charge < -0.3 is 9.32 Å². The molecule has 0 fully saturated rings. The molecule has 8 nitrogen and oxygen atoms in total. The maximum atomic E-state index is 15.0. The molecule has 2 aliphatic rings. The summed E-state index contributed by atoms with van der Waals surface area (Å²) in [5.41, 5.74) is 2.19. The zero-order chi connectivity index (χ0) is 29.3. The number of anilines is 2. The second-order valence-corrected chi connectivity index (χ2v) is 12.5. The summed E-state index contributed by atoms with van der Waals surface area (Å²) in [6.45, 7) is 8.32. The number of hydrogen-bond donors (Lipinski definition) is 0. The van der Waals surface area contributed by atoms with Gasteiger partial charge in [-0.2, -0.15) is 0 Å². The number of amides is 2. The first-order valence-electron chi connectivity index (χ1n) is 13.9. The van der Waals surface area contributed by atoms with Crippen molar-refractivity contribution < 1.29 is 14.0 Å². The van der Waals surface area contributed by atoms with Gasteiger partial charge in [-0.25, -0.2) is 0 Å². The highest BCUT2D eigenvalue weighted by Gasteiger charge is 2.66. The van der Waals surface area contributed by atoms with E-state index >= 15 is 0 Å². The van der Waals surface area contributed by atoms with Crippen LogP contribution < -0.4 is 15.2 Å². The van der Waals surface area contributed by atoms with E-state index in [1.807, 2.05) is 68.4 Å². The van der Waals surface area contributed by atoms with Gasteiger partial charge in [0.05, 0.1) is 23.2 Å². The van der Waals surface area contributed by atoms with Gasteiger partial charge in [0.2, 0.25) is 10.9 Å². The monoisotopic (exact) mass is 576 g/mol. The molecule has 2 aliphatic heterocycles. The van der Waals surface area contributed by atoms with Crippen molar-refractivity contribution in [3.8, 4) is 0 Å². The van der Waals surface area contributed by atoms with E-state index in [1.54, 1.807) is 17.0 Å². The molecule has 0 N–H and O–H groups in total. The molecule has 210 valence electrons. The quantitative estimate of drug-likeness (QED) is 0.258. The lowest BCUT2D eigenvalue weighted by Gasteiger charge is -2.32. The molecule has 7 rings (SSSR count). The Kier molecular flexibility index (Phi) is 5.92. The predicted octanol–water partition coefficient (Wildman–Crippen LogP) is 5.91. The van der Waals surface area contributed by atoms with Crippen LogP contribution in [0, 0.1) is 19.8 Å². The summed E-state index contributed by atoms with van der Waals surface area (Å²) in [5.74, 6) is -0.812. The van der Waals surface area contributed by atoms with Crippen LogP contribution in [0.5, 0.6) is 0 Å². The van der Waals surface area contributed by atoms with Crippen molar-refractivity contribution in [1.82, 2.24) is 10.2 Å². The minimum Gasteiger partial charge on any atom is -0.450 e. The smallest absolute Gasteiger partial charge is 0.297 e. The van der Waals surface area contributed by atoms with Crippen LogP contribution in [0.3, 0.4) is 0 Å². The van der Waals surface area contributed by atoms with E-state index in [9.17, 15) is 14.4 Å². The van der Waals surface area contributed by atoms with Crippen LogP contribution in [0.25, 0.3) is 11.0 Å². The van der Waals surface area contributed by atoms with Crippen LogP contribution in [-0.4, -0.2) is 22.0 Å². The molecule has 9 heteroatoms. The minimum atomic E-state index is -1.79. The van der Waals surface area contributed by atoms with Crippen molar-refractivity contribution in [2.75, 3.05) is 9.80 Å². The van der Waals surface area contributed by atoms with E-state index in [0.717, 1.165) is 21.7 Å². The van der Waals surface area contributed by atoms with Crippen molar-refractivity contribution in [2.24, 2.45) is 5.92 Å². The number of fused-ring (bicyclic) bond motifs is 5. The van der Waals surface area contributed by atoms with Crippen LogP contribution in [0.1, 0.15) is 57.2 Å². The molecule has 0 radical (unpaired) electrons. The molecule has 0 aliphatic carbocycles. The van der Waals surface area contributed by atoms with Crippen LogP contribution >= 0.6 is 11.3 Å². The number of benzene rings is 3. The van der Waals surface area contributed by atoms with Gasteiger partial charge in [0.15, 0.2) is 11.0 Å². The fraction of sp³-hybridized carbons (Fsp3) is 0.242. The van der Waals surface area contributed by atoms with Crippen LogP contribution in [0.15, 0.2) is 75.9 Å². The minimum absolute atomic E-state index is 0.0232. The molecule has 2 amide bonds. The predicted molar refractivity (Wildman–Crippen MR) is 162 cm³/mol. The van der Waals surface area contributed by atoms with E-state index in [1.165, 1.54) is 16.2 Å². The average Bonchev–Trinajstić information content (AvgIpc) is 3.59. The largest absolute Gasteiger partial charge is 0.450 e. The molecule has 0 saturated heterocycles. The molecular formula is C33H28N4O4S. The molecule has 2 aromatic heterocycles. The van der Waals surface area contributed by atoms with Gasteiger partial charge >= 0.3 is 0 Å². The molecule has 1 spiro atoms. The van der Waals surface area contributed by atoms with Crippen molar-refractivity contribution in [3.63, 3.8) is 0 Å². The number of carbonyl (C=O) groups excluding carboxylic acids is 2. The Morgan fingerprint density at radius 1 is 0.929 bits per heavy atom. The van der Waals surface area contributed by atoms with Crippen molar-refractivity contribution in [1.29, 1.82) is 0 Å². The highest BCUT2D eigenvalue weighted by molar-refractivity contribution is 7.15. The van der Waals surface area contributed by atoms with E-state index in [-0.39, 0.29) is 23.0 Å². The number of rotatable bonds is 5. The first-order valence-corrected chi connectivity index (χ1v) is 14.7. The maximum Gasteiger partial charge on any atom is 0.297 e. The zero-order valence-corrected chi connectivity index (χ0v) is 24.5. The fourth-order valence-corrected chi connectivity index (χ4v) is 7.18. The molecule has 5 aromatic rings. The first kappa shape index (κ1) is 26.3. The Morgan fingerprint density at radius 2 is 1.67 bits per heavy atom. The van der Waals surface area contributed by atoms with Crippen molar-refractivity contribution in [2.45, 2.75) is 46.2 Å². The third-order valence-electron chi connectivity index (χ3n) is 7.97. The SMILES string of the molecule is Cc1ccc(CN2C(=O)C3(c4ccccc42)c2c(oc4ccc(C)cc4c2=O)C(=O)N3c2nnc(CC(C)C)s2)cc1. The van der Waals surface area contributed by atoms with E-state index < -0.39 is 22.8 Å². The second kappa shape index (κ2) is 9.46. The van der Waals surface area contributed by atoms with Gasteiger partial charge in [-0.05, 0) is 43.5 Å². The summed E-state index contributed by atoms with van der Waals surface area (Å²) in [4.78, 5) is 46.8. The van der Waals surface area contributed by atoms with Crippen molar-refractivity contribution in [3.05, 3.63) is 116 Å².